The molecule has 0 heterocycles. The first-order valence-electron chi connectivity index (χ1n) is 19.9. The Hall–Kier alpha value is -3.87. The van der Waals surface area contributed by atoms with Gasteiger partial charge in [0.1, 0.15) is 0 Å². The molecule has 0 amide bonds. The summed E-state index contributed by atoms with van der Waals surface area (Å²) in [5.41, 5.74) is 16.5. The van der Waals surface area contributed by atoms with E-state index in [1.807, 2.05) is 0 Å². The Morgan fingerprint density at radius 3 is 1.36 bits per heavy atom. The maximum absolute atomic E-state index is 6.47. The molecule has 56 heavy (non-hydrogen) atoms. The zero-order chi connectivity index (χ0) is 39.2. The van der Waals surface area contributed by atoms with Crippen molar-refractivity contribution in [2.45, 2.75) is 75.3 Å². The molecule has 6 aromatic rings. The van der Waals surface area contributed by atoms with Gasteiger partial charge in [-0.15, -0.1) is 0 Å². The third kappa shape index (κ3) is 7.98. The second kappa shape index (κ2) is 15.8. The van der Waals surface area contributed by atoms with Crippen LogP contribution in [-0.2, 0) is 44.9 Å². The normalized spacial score (nSPS) is 13.8. The molecule has 3 heteroatoms. The van der Waals surface area contributed by atoms with Gasteiger partial charge in [-0.05, 0) is 0 Å². The van der Waals surface area contributed by atoms with Crippen LogP contribution in [0.1, 0.15) is 85.0 Å². The Morgan fingerprint density at radius 1 is 0.554 bits per heavy atom. The number of hydrogen-bond acceptors (Lipinski definition) is 0. The molecule has 0 N–H and O–H groups in total. The van der Waals surface area contributed by atoms with Crippen molar-refractivity contribution < 1.29 is 21.3 Å². The van der Waals surface area contributed by atoms with Gasteiger partial charge in [0.05, 0.1) is 0 Å². The molecule has 0 aliphatic heterocycles. The van der Waals surface area contributed by atoms with E-state index in [0.717, 1.165) is 29.3 Å². The fourth-order valence-electron chi connectivity index (χ4n) is 8.82. The molecule has 0 radical (unpaired) electrons. The van der Waals surface area contributed by atoms with Crippen LogP contribution in [0.4, 0.5) is 0 Å². The van der Waals surface area contributed by atoms with Gasteiger partial charge in [-0.2, -0.15) is 0 Å². The third-order valence-electron chi connectivity index (χ3n) is 11.5. The Bertz CT molecular complexity index is 2330. The molecular formula is C53H50Cl2Zr. The van der Waals surface area contributed by atoms with Crippen molar-refractivity contribution >= 4 is 26.4 Å². The quantitative estimate of drug-likeness (QED) is 0.143. The molecule has 0 aromatic heterocycles. The van der Waals surface area contributed by atoms with Gasteiger partial charge in [0, 0.05) is 0 Å². The Morgan fingerprint density at radius 2 is 0.982 bits per heavy atom. The van der Waals surface area contributed by atoms with Crippen molar-refractivity contribution in [3.05, 3.63) is 198 Å². The van der Waals surface area contributed by atoms with Crippen LogP contribution in [0.3, 0.4) is 0 Å². The number of rotatable bonds is 8. The van der Waals surface area contributed by atoms with Gasteiger partial charge in [0.15, 0.2) is 0 Å². The van der Waals surface area contributed by atoms with Gasteiger partial charge in [-0.25, -0.2) is 0 Å². The SMILES string of the molecule is CC(C)(C)c1cc2c(cc1-c1ccccc1)[CH]([Zr]([C]1=CC=CC1)=[C](Cc1ccc(Cl)cc1)Cc1ccc(Cl)cc1)c1cc(-c3ccccc3)c(C(C)(C)C)cc1-2. The molecule has 8 rings (SSSR count). The molecule has 0 bridgehead atoms. The zero-order valence-electron chi connectivity index (χ0n) is 33.4. The van der Waals surface area contributed by atoms with Crippen molar-refractivity contribution in [1.82, 2.24) is 0 Å². The van der Waals surface area contributed by atoms with E-state index in [1.165, 1.54) is 66.8 Å². The number of benzene rings is 6. The molecule has 6 aromatic carbocycles. The van der Waals surface area contributed by atoms with E-state index in [-0.39, 0.29) is 10.8 Å². The summed E-state index contributed by atoms with van der Waals surface area (Å²) < 4.78 is 3.66. The number of fused-ring (bicyclic) bond motifs is 3. The average Bonchev–Trinajstić information content (AvgIpc) is 3.82. The minimum absolute atomic E-state index is 0.0464. The van der Waals surface area contributed by atoms with E-state index in [9.17, 15) is 0 Å². The van der Waals surface area contributed by atoms with Crippen molar-refractivity contribution in [3.63, 3.8) is 0 Å². The summed E-state index contributed by atoms with van der Waals surface area (Å²) in [5.74, 6) is 0. The topological polar surface area (TPSA) is 0 Å². The average molecular weight is 849 g/mol. The summed E-state index contributed by atoms with van der Waals surface area (Å²) in [7, 11) is 0. The van der Waals surface area contributed by atoms with Crippen molar-refractivity contribution in [3.8, 4) is 33.4 Å². The van der Waals surface area contributed by atoms with Gasteiger partial charge in [0.2, 0.25) is 0 Å². The molecule has 2 aliphatic carbocycles. The summed E-state index contributed by atoms with van der Waals surface area (Å²) in [6.07, 6.45) is 10.1. The fraction of sp³-hybridized carbons (Fsp3) is 0.226. The van der Waals surface area contributed by atoms with Crippen LogP contribution in [0, 0.1) is 0 Å². The Kier molecular flexibility index (Phi) is 11.0. The van der Waals surface area contributed by atoms with E-state index < -0.39 is 21.3 Å². The van der Waals surface area contributed by atoms with E-state index in [1.54, 1.807) is 6.49 Å². The van der Waals surface area contributed by atoms with Gasteiger partial charge >= 0.3 is 355 Å². The molecule has 0 saturated carbocycles. The molecule has 2 aliphatic rings. The Balaban J connectivity index is 1.49. The standard InChI is InChI=1S/C33H33.C15H12Cl2.C5H5.Zr/c1-32(2,3)30-20-26-24(18-28(30)22-13-9-7-10-14-22)17-25-19-29(23-15-11-8-12-16-23)31(21-27(25)26)33(4,5)6;16-14-8-4-12(5-9-14)2-1-3-13-6-10-15(17)11-7-13;1-2-4-5-3-1;/h7-21H,1-6H3;4-11H,2-3H2;1-3H,4H2;. The predicted octanol–water partition coefficient (Wildman–Crippen LogP) is 15.1. The van der Waals surface area contributed by atoms with Crippen LogP contribution in [0.25, 0.3) is 33.4 Å². The van der Waals surface area contributed by atoms with E-state index in [2.05, 4.69) is 193 Å². The maximum atomic E-state index is 6.47. The second-order valence-electron chi connectivity index (χ2n) is 17.6. The van der Waals surface area contributed by atoms with Crippen molar-refractivity contribution in [2.24, 2.45) is 0 Å². The van der Waals surface area contributed by atoms with E-state index >= 15 is 0 Å². The van der Waals surface area contributed by atoms with Gasteiger partial charge in [0.25, 0.3) is 0 Å². The van der Waals surface area contributed by atoms with Gasteiger partial charge in [-0.1, -0.05) is 0 Å². The zero-order valence-corrected chi connectivity index (χ0v) is 37.4. The van der Waals surface area contributed by atoms with Gasteiger partial charge < -0.3 is 0 Å². The predicted molar refractivity (Wildman–Crippen MR) is 239 cm³/mol. The summed E-state index contributed by atoms with van der Waals surface area (Å²) in [5, 5.41) is 1.55. The molecule has 0 atom stereocenters. The number of halogens is 2. The van der Waals surface area contributed by atoms with Gasteiger partial charge in [-0.3, -0.25) is 0 Å². The van der Waals surface area contributed by atoms with Crippen LogP contribution in [0.5, 0.6) is 0 Å². The van der Waals surface area contributed by atoms with Crippen LogP contribution in [-0.4, -0.2) is 3.21 Å². The molecule has 280 valence electrons. The molecule has 0 fully saturated rings. The molecule has 0 spiro atoms. The number of allylic oxidation sites excluding steroid dienone is 4. The van der Waals surface area contributed by atoms with Crippen molar-refractivity contribution in [2.75, 3.05) is 0 Å². The first kappa shape index (κ1) is 39.0. The summed E-state index contributed by atoms with van der Waals surface area (Å²) in [6.45, 7) is 14.2. The van der Waals surface area contributed by atoms with Crippen molar-refractivity contribution in [1.29, 1.82) is 0 Å². The molecule has 0 saturated heterocycles. The Labute approximate surface area is 352 Å². The molecule has 0 unspecified atom stereocenters. The monoisotopic (exact) mass is 846 g/mol. The van der Waals surface area contributed by atoms with E-state index in [4.69, 9.17) is 23.2 Å². The van der Waals surface area contributed by atoms with Crippen LogP contribution >= 0.6 is 23.2 Å². The van der Waals surface area contributed by atoms with E-state index in [0.29, 0.717) is 3.63 Å². The second-order valence-corrected chi connectivity index (χ2v) is 25.2. The summed E-state index contributed by atoms with van der Waals surface area (Å²) in [6, 6.07) is 49.7. The summed E-state index contributed by atoms with van der Waals surface area (Å²) >= 11 is 10.1. The van der Waals surface area contributed by atoms with Crippen LogP contribution in [0.2, 0.25) is 10.0 Å². The third-order valence-corrected chi connectivity index (χ3v) is 20.3. The summed E-state index contributed by atoms with van der Waals surface area (Å²) in [4.78, 5) is 0. The first-order chi connectivity index (χ1) is 26.8. The van der Waals surface area contributed by atoms with Crippen LogP contribution in [0.15, 0.2) is 155 Å². The first-order valence-corrected chi connectivity index (χ1v) is 24.5. The molecule has 0 nitrogen and oxygen atoms in total. The fourth-order valence-corrected chi connectivity index (χ4v) is 18.3. The number of hydrogen-bond donors (Lipinski definition) is 0. The minimum atomic E-state index is -2.87. The molecular weight excluding hydrogens is 799 g/mol. The van der Waals surface area contributed by atoms with Crippen LogP contribution < -0.4 is 0 Å².